The molecule has 5 aromatic rings. The summed E-state index contributed by atoms with van der Waals surface area (Å²) in [5.41, 5.74) is 8.71. The largest absolute Gasteiger partial charge is 0.348 e. The Bertz CT molecular complexity index is 1510. The molecular formula is C31H30N4OS. The van der Waals surface area contributed by atoms with Crippen LogP contribution in [0.15, 0.2) is 96.4 Å². The smallest absolute Gasteiger partial charge is 0.251 e. The first-order valence-corrected chi connectivity index (χ1v) is 13.5. The first-order chi connectivity index (χ1) is 18.1. The standard InChI is InChI=1S/C31H30N4OS/c1-3-23-8-10-24(11-9-23)18-33-30(36)26-14-12-25(13-15-26)21-37-31-34-28-16-17-32-19-29(28)35(31)20-27-7-5-4-6-22(27)2/h4-17,19H,3,18,20-21H2,1-2H3,(H,33,36). The molecule has 1 N–H and O–H groups in total. The second kappa shape index (κ2) is 11.4. The van der Waals surface area contributed by atoms with Gasteiger partial charge in [-0.05, 0) is 59.4 Å². The fourth-order valence-corrected chi connectivity index (χ4v) is 5.22. The molecule has 0 unspecified atom stereocenters. The number of imidazole rings is 1. The zero-order valence-corrected chi connectivity index (χ0v) is 22.0. The molecule has 3 aromatic carbocycles. The molecule has 0 saturated heterocycles. The lowest BCUT2D eigenvalue weighted by molar-refractivity contribution is 0.0951. The second-order valence-electron chi connectivity index (χ2n) is 9.11. The van der Waals surface area contributed by atoms with E-state index in [-0.39, 0.29) is 5.91 Å². The van der Waals surface area contributed by atoms with Gasteiger partial charge in [0.2, 0.25) is 0 Å². The molecule has 0 saturated carbocycles. The lowest BCUT2D eigenvalue weighted by Gasteiger charge is -2.11. The Morgan fingerprint density at radius 3 is 2.41 bits per heavy atom. The molecular weight excluding hydrogens is 476 g/mol. The van der Waals surface area contributed by atoms with Gasteiger partial charge in [0.05, 0.1) is 23.8 Å². The number of carbonyl (C=O) groups excluding carboxylic acids is 1. The Labute approximate surface area is 222 Å². The van der Waals surface area contributed by atoms with Gasteiger partial charge in [-0.2, -0.15) is 0 Å². The van der Waals surface area contributed by atoms with Gasteiger partial charge in [0.1, 0.15) is 0 Å². The maximum absolute atomic E-state index is 12.6. The second-order valence-corrected chi connectivity index (χ2v) is 10.1. The third kappa shape index (κ3) is 5.92. The van der Waals surface area contributed by atoms with Crippen LogP contribution in [0.5, 0.6) is 0 Å². The van der Waals surface area contributed by atoms with Crippen molar-refractivity contribution in [2.24, 2.45) is 0 Å². The number of pyridine rings is 1. The Morgan fingerprint density at radius 1 is 0.919 bits per heavy atom. The van der Waals surface area contributed by atoms with Crippen LogP contribution in [0.3, 0.4) is 0 Å². The topological polar surface area (TPSA) is 59.8 Å². The highest BCUT2D eigenvalue weighted by Gasteiger charge is 2.13. The minimum absolute atomic E-state index is 0.0636. The van der Waals surface area contributed by atoms with Crippen LogP contribution < -0.4 is 5.32 Å². The first kappa shape index (κ1) is 24.8. The van der Waals surface area contributed by atoms with Crippen molar-refractivity contribution in [3.05, 3.63) is 125 Å². The van der Waals surface area contributed by atoms with E-state index in [1.165, 1.54) is 16.7 Å². The number of thioether (sulfide) groups is 1. The van der Waals surface area contributed by atoms with E-state index >= 15 is 0 Å². The van der Waals surface area contributed by atoms with E-state index in [9.17, 15) is 4.79 Å². The van der Waals surface area contributed by atoms with Crippen molar-refractivity contribution in [3.63, 3.8) is 0 Å². The SMILES string of the molecule is CCc1ccc(CNC(=O)c2ccc(CSc3nc4ccncc4n3Cc3ccccc3C)cc2)cc1. The summed E-state index contributed by atoms with van der Waals surface area (Å²) in [7, 11) is 0. The number of hydrogen-bond acceptors (Lipinski definition) is 4. The maximum atomic E-state index is 12.6. The van der Waals surface area contributed by atoms with E-state index in [1.807, 2.05) is 36.5 Å². The lowest BCUT2D eigenvalue weighted by atomic mass is 10.1. The Hall–Kier alpha value is -3.90. The Kier molecular flexibility index (Phi) is 7.66. The number of rotatable bonds is 9. The average Bonchev–Trinajstić information content (AvgIpc) is 3.29. The van der Waals surface area contributed by atoms with Crippen molar-refractivity contribution < 1.29 is 4.79 Å². The number of aryl methyl sites for hydroxylation is 2. The number of aromatic nitrogens is 3. The number of hydrogen-bond donors (Lipinski definition) is 1. The van der Waals surface area contributed by atoms with Crippen LogP contribution in [0.25, 0.3) is 11.0 Å². The van der Waals surface area contributed by atoms with Gasteiger partial charge in [0.15, 0.2) is 5.16 Å². The zero-order chi connectivity index (χ0) is 25.6. The summed E-state index contributed by atoms with van der Waals surface area (Å²) in [6, 6.07) is 26.6. The van der Waals surface area contributed by atoms with Gasteiger partial charge in [-0.3, -0.25) is 9.78 Å². The number of nitrogens with zero attached hydrogens (tertiary/aromatic N) is 3. The minimum Gasteiger partial charge on any atom is -0.348 e. The van der Waals surface area contributed by atoms with Crippen molar-refractivity contribution in [1.29, 1.82) is 0 Å². The van der Waals surface area contributed by atoms with E-state index in [0.29, 0.717) is 12.1 Å². The summed E-state index contributed by atoms with van der Waals surface area (Å²) in [5, 5.41) is 3.98. The van der Waals surface area contributed by atoms with Crippen molar-refractivity contribution in [1.82, 2.24) is 19.9 Å². The van der Waals surface area contributed by atoms with Crippen molar-refractivity contribution in [3.8, 4) is 0 Å². The molecule has 1 amide bonds. The predicted molar refractivity (Wildman–Crippen MR) is 151 cm³/mol. The predicted octanol–water partition coefficient (Wildman–Crippen LogP) is 6.57. The van der Waals surface area contributed by atoms with Gasteiger partial charge in [0, 0.05) is 24.1 Å². The molecule has 0 atom stereocenters. The molecule has 0 bridgehead atoms. The molecule has 0 radical (unpaired) electrons. The third-order valence-electron chi connectivity index (χ3n) is 6.57. The quantitative estimate of drug-likeness (QED) is 0.230. The number of carbonyl (C=O) groups is 1. The van der Waals surface area contributed by atoms with Crippen LogP contribution >= 0.6 is 11.8 Å². The van der Waals surface area contributed by atoms with E-state index in [4.69, 9.17) is 4.98 Å². The maximum Gasteiger partial charge on any atom is 0.251 e. The fourth-order valence-electron chi connectivity index (χ4n) is 4.25. The highest BCUT2D eigenvalue weighted by Crippen LogP contribution is 2.28. The summed E-state index contributed by atoms with van der Waals surface area (Å²) < 4.78 is 2.24. The van der Waals surface area contributed by atoms with Gasteiger partial charge in [0.25, 0.3) is 5.91 Å². The lowest BCUT2D eigenvalue weighted by Crippen LogP contribution is -2.22. The molecule has 0 spiro atoms. The molecule has 0 fully saturated rings. The van der Waals surface area contributed by atoms with Crippen LogP contribution in [-0.2, 0) is 25.3 Å². The molecule has 5 nitrogen and oxygen atoms in total. The fraction of sp³-hybridized carbons (Fsp3) is 0.194. The van der Waals surface area contributed by atoms with Crippen LogP contribution in [-0.4, -0.2) is 20.4 Å². The van der Waals surface area contributed by atoms with Gasteiger partial charge in [-0.15, -0.1) is 0 Å². The number of nitrogens with one attached hydrogen (secondary N) is 1. The van der Waals surface area contributed by atoms with Gasteiger partial charge >= 0.3 is 0 Å². The van der Waals surface area contributed by atoms with Gasteiger partial charge in [-0.25, -0.2) is 4.98 Å². The van der Waals surface area contributed by atoms with E-state index in [0.717, 1.165) is 46.0 Å². The summed E-state index contributed by atoms with van der Waals surface area (Å²) in [5.74, 6) is 0.697. The van der Waals surface area contributed by atoms with Crippen LogP contribution in [0.4, 0.5) is 0 Å². The van der Waals surface area contributed by atoms with Crippen LogP contribution in [0.1, 0.15) is 45.1 Å². The summed E-state index contributed by atoms with van der Waals surface area (Å²) in [6.07, 6.45) is 4.68. The van der Waals surface area contributed by atoms with E-state index in [2.05, 4.69) is 77.2 Å². The van der Waals surface area contributed by atoms with E-state index < -0.39 is 0 Å². The zero-order valence-electron chi connectivity index (χ0n) is 21.1. The Morgan fingerprint density at radius 2 is 1.65 bits per heavy atom. The number of benzene rings is 3. The summed E-state index contributed by atoms with van der Waals surface area (Å²) in [6.45, 7) is 5.54. The molecule has 0 aliphatic heterocycles. The van der Waals surface area contributed by atoms with Crippen LogP contribution in [0.2, 0.25) is 0 Å². The molecule has 5 rings (SSSR count). The summed E-state index contributed by atoms with van der Waals surface area (Å²) in [4.78, 5) is 21.9. The number of fused-ring (bicyclic) bond motifs is 1. The first-order valence-electron chi connectivity index (χ1n) is 12.5. The monoisotopic (exact) mass is 506 g/mol. The molecule has 2 aromatic heterocycles. The Balaban J connectivity index is 1.25. The molecule has 2 heterocycles. The highest BCUT2D eigenvalue weighted by molar-refractivity contribution is 7.98. The highest BCUT2D eigenvalue weighted by atomic mass is 32.2. The summed E-state index contributed by atoms with van der Waals surface area (Å²) >= 11 is 1.70. The van der Waals surface area contributed by atoms with E-state index in [1.54, 1.807) is 18.0 Å². The van der Waals surface area contributed by atoms with Crippen molar-refractivity contribution in [2.45, 2.75) is 44.3 Å². The number of amides is 1. The van der Waals surface area contributed by atoms with Gasteiger partial charge in [-0.1, -0.05) is 79.3 Å². The third-order valence-corrected chi connectivity index (χ3v) is 7.62. The minimum atomic E-state index is -0.0636. The molecule has 186 valence electrons. The molecule has 37 heavy (non-hydrogen) atoms. The molecule has 0 aliphatic carbocycles. The molecule has 0 aliphatic rings. The van der Waals surface area contributed by atoms with Gasteiger partial charge < -0.3 is 9.88 Å². The van der Waals surface area contributed by atoms with Crippen molar-refractivity contribution >= 4 is 28.7 Å². The van der Waals surface area contributed by atoms with Crippen molar-refractivity contribution in [2.75, 3.05) is 0 Å². The van der Waals surface area contributed by atoms with Crippen LogP contribution in [0, 0.1) is 6.92 Å². The molecule has 6 heteroatoms. The normalized spacial score (nSPS) is 11.1. The average molecular weight is 507 g/mol.